The van der Waals surface area contributed by atoms with Crippen LogP contribution in [0.5, 0.6) is 0 Å². The van der Waals surface area contributed by atoms with Crippen molar-refractivity contribution >= 4 is 5.91 Å². The van der Waals surface area contributed by atoms with Crippen molar-refractivity contribution in [2.45, 2.75) is 236 Å². The van der Waals surface area contributed by atoms with Crippen LogP contribution < -0.4 is 5.32 Å². The molecule has 0 radical (unpaired) electrons. The zero-order chi connectivity index (χ0) is 43.0. The van der Waals surface area contributed by atoms with Crippen LogP contribution >= 0.6 is 0 Å². The number of nitrogens with one attached hydrogen (secondary N) is 1. The lowest BCUT2D eigenvalue weighted by Crippen LogP contribution is -2.60. The van der Waals surface area contributed by atoms with Crippen molar-refractivity contribution in [3.05, 3.63) is 60.8 Å². The number of amides is 1. The first-order valence-electron chi connectivity index (χ1n) is 24.0. The van der Waals surface area contributed by atoms with Gasteiger partial charge in [0.2, 0.25) is 5.91 Å². The Hall–Kier alpha value is -2.11. The van der Waals surface area contributed by atoms with E-state index in [1.807, 2.05) is 0 Å². The Labute approximate surface area is 360 Å². The van der Waals surface area contributed by atoms with E-state index in [-0.39, 0.29) is 12.5 Å². The summed E-state index contributed by atoms with van der Waals surface area (Å²) < 4.78 is 11.3. The van der Waals surface area contributed by atoms with Gasteiger partial charge in [0.05, 0.1) is 25.4 Å². The fraction of sp³-hybridized carbons (Fsp3) is 0.780. The van der Waals surface area contributed by atoms with E-state index >= 15 is 0 Å². The van der Waals surface area contributed by atoms with Crippen LogP contribution in [-0.2, 0) is 14.3 Å². The lowest BCUT2D eigenvalue weighted by Gasteiger charge is -2.40. The summed E-state index contributed by atoms with van der Waals surface area (Å²) in [7, 11) is 0. The maximum absolute atomic E-state index is 13.0. The van der Waals surface area contributed by atoms with Gasteiger partial charge in [-0.3, -0.25) is 4.79 Å². The number of carbonyl (C=O) groups is 1. The fourth-order valence-corrected chi connectivity index (χ4v) is 7.30. The molecular weight excluding hydrogens is 743 g/mol. The number of aliphatic hydroxyl groups is 5. The average molecular weight is 832 g/mol. The van der Waals surface area contributed by atoms with Crippen LogP contribution in [0.4, 0.5) is 0 Å². The van der Waals surface area contributed by atoms with Crippen molar-refractivity contribution in [3.8, 4) is 0 Å². The second kappa shape index (κ2) is 40.0. The van der Waals surface area contributed by atoms with Crippen LogP contribution in [0.1, 0.15) is 194 Å². The minimum absolute atomic E-state index is 0.149. The van der Waals surface area contributed by atoms with Crippen molar-refractivity contribution < 1.29 is 39.8 Å². The van der Waals surface area contributed by atoms with Gasteiger partial charge in [-0.05, 0) is 57.8 Å². The van der Waals surface area contributed by atoms with E-state index in [4.69, 9.17) is 9.47 Å². The lowest BCUT2D eigenvalue weighted by molar-refractivity contribution is -0.302. The molecule has 0 spiro atoms. The second-order valence-corrected chi connectivity index (χ2v) is 16.5. The van der Waals surface area contributed by atoms with Gasteiger partial charge in [0.1, 0.15) is 24.4 Å². The van der Waals surface area contributed by atoms with Gasteiger partial charge in [-0.15, -0.1) is 0 Å². The Balaban J connectivity index is 2.33. The van der Waals surface area contributed by atoms with Crippen molar-refractivity contribution in [3.63, 3.8) is 0 Å². The van der Waals surface area contributed by atoms with E-state index in [0.717, 1.165) is 89.9 Å². The Bertz CT molecular complexity index is 1100. The highest BCUT2D eigenvalue weighted by atomic mass is 16.7. The monoisotopic (exact) mass is 832 g/mol. The molecule has 6 N–H and O–H groups in total. The molecule has 0 saturated carbocycles. The Morgan fingerprint density at radius 1 is 0.593 bits per heavy atom. The van der Waals surface area contributed by atoms with Crippen molar-refractivity contribution in [1.82, 2.24) is 5.32 Å². The maximum atomic E-state index is 13.0. The van der Waals surface area contributed by atoms with E-state index < -0.39 is 49.5 Å². The van der Waals surface area contributed by atoms with Crippen molar-refractivity contribution in [1.29, 1.82) is 0 Å². The quantitative estimate of drug-likeness (QED) is 0.0265. The largest absolute Gasteiger partial charge is 0.394 e. The van der Waals surface area contributed by atoms with Gasteiger partial charge >= 0.3 is 0 Å². The highest BCUT2D eigenvalue weighted by molar-refractivity contribution is 5.76. The molecule has 1 fully saturated rings. The first-order chi connectivity index (χ1) is 28.8. The van der Waals surface area contributed by atoms with Crippen LogP contribution in [0, 0.1) is 0 Å². The number of allylic oxidation sites excluding steroid dienone is 10. The number of unbranched alkanes of at least 4 members (excludes halogenated alkanes) is 19. The zero-order valence-electron chi connectivity index (χ0n) is 37.5. The zero-order valence-corrected chi connectivity index (χ0v) is 37.5. The Kier molecular flexibility index (Phi) is 37.2. The molecule has 1 rings (SSSR count). The molecule has 0 aromatic rings. The molecule has 0 aliphatic carbocycles. The van der Waals surface area contributed by atoms with E-state index in [0.29, 0.717) is 12.8 Å². The van der Waals surface area contributed by atoms with E-state index in [2.05, 4.69) is 79.9 Å². The predicted molar refractivity (Wildman–Crippen MR) is 244 cm³/mol. The molecule has 1 amide bonds. The van der Waals surface area contributed by atoms with Crippen LogP contribution in [0.2, 0.25) is 0 Å². The summed E-state index contributed by atoms with van der Waals surface area (Å²) in [4.78, 5) is 13.0. The van der Waals surface area contributed by atoms with Crippen molar-refractivity contribution in [2.75, 3.05) is 13.2 Å². The molecule has 1 saturated heterocycles. The molecule has 7 unspecified atom stereocenters. The molecule has 342 valence electrons. The van der Waals surface area contributed by atoms with Crippen molar-refractivity contribution in [2.24, 2.45) is 0 Å². The van der Waals surface area contributed by atoms with Gasteiger partial charge in [0, 0.05) is 6.42 Å². The SMILES string of the molecule is CC/C=C\C/C=C\C/C=C\C/C=C\C/C=C\CCCCCCCC(=O)NC(COC1OC(CO)C(O)C(O)C1O)C(O)CCCCCCCCCCCCCCCCC. The molecule has 0 aromatic carbocycles. The standard InChI is InChI=1S/C50H89NO8/c1-3-5-7-9-11-13-15-17-19-20-21-22-23-24-26-28-30-32-34-36-38-40-46(54)51-43(42-58-50-49(57)48(56)47(55)45(41-52)59-50)44(53)39-37-35-33-31-29-27-25-18-16-14-12-10-8-6-4-2/h5,7,11,13,17,19,21-22,24,26,43-45,47-50,52-53,55-57H,3-4,6,8-10,12,14-16,18,20,23,25,27-42H2,1-2H3,(H,51,54)/b7-5-,13-11-,19-17-,22-21-,26-24-. The third-order valence-electron chi connectivity index (χ3n) is 11.1. The minimum atomic E-state index is -1.56. The Morgan fingerprint density at radius 2 is 1.05 bits per heavy atom. The van der Waals surface area contributed by atoms with Crippen LogP contribution in [-0.4, -0.2) is 87.5 Å². The third-order valence-corrected chi connectivity index (χ3v) is 11.1. The molecule has 9 nitrogen and oxygen atoms in total. The number of ether oxygens (including phenoxy) is 2. The molecule has 59 heavy (non-hydrogen) atoms. The van der Waals surface area contributed by atoms with Gasteiger partial charge in [-0.25, -0.2) is 0 Å². The number of aliphatic hydroxyl groups excluding tert-OH is 5. The molecule has 1 aliphatic rings. The van der Waals surface area contributed by atoms with E-state index in [1.54, 1.807) is 0 Å². The number of carbonyl (C=O) groups excluding carboxylic acids is 1. The molecule has 1 aliphatic heterocycles. The molecule has 0 bridgehead atoms. The van der Waals surface area contributed by atoms with E-state index in [9.17, 15) is 30.3 Å². The smallest absolute Gasteiger partial charge is 0.220 e. The van der Waals surface area contributed by atoms with Gasteiger partial charge < -0.3 is 40.3 Å². The van der Waals surface area contributed by atoms with Gasteiger partial charge in [-0.2, -0.15) is 0 Å². The number of hydrogen-bond donors (Lipinski definition) is 6. The average Bonchev–Trinajstić information content (AvgIpc) is 3.23. The maximum Gasteiger partial charge on any atom is 0.220 e. The summed E-state index contributed by atoms with van der Waals surface area (Å²) in [6.07, 6.45) is 45.0. The fourth-order valence-electron chi connectivity index (χ4n) is 7.30. The second-order valence-electron chi connectivity index (χ2n) is 16.5. The predicted octanol–water partition coefficient (Wildman–Crippen LogP) is 10.4. The molecular formula is C50H89NO8. The van der Waals surface area contributed by atoms with Crippen LogP contribution in [0.3, 0.4) is 0 Å². The normalized spacial score (nSPS) is 21.2. The van der Waals surface area contributed by atoms with E-state index in [1.165, 1.54) is 77.0 Å². The topological polar surface area (TPSA) is 149 Å². The summed E-state index contributed by atoms with van der Waals surface area (Å²) in [5.41, 5.74) is 0. The summed E-state index contributed by atoms with van der Waals surface area (Å²) in [6.45, 7) is 3.70. The number of rotatable bonds is 39. The summed E-state index contributed by atoms with van der Waals surface area (Å²) in [5.74, 6) is -0.165. The lowest BCUT2D eigenvalue weighted by atomic mass is 9.99. The molecule has 0 aromatic heterocycles. The molecule has 7 atom stereocenters. The van der Waals surface area contributed by atoms with Crippen LogP contribution in [0.15, 0.2) is 60.8 Å². The Morgan fingerprint density at radius 3 is 1.56 bits per heavy atom. The van der Waals surface area contributed by atoms with Gasteiger partial charge in [0.25, 0.3) is 0 Å². The minimum Gasteiger partial charge on any atom is -0.394 e. The third kappa shape index (κ3) is 30.6. The first kappa shape index (κ1) is 54.9. The van der Waals surface area contributed by atoms with Gasteiger partial charge in [0.15, 0.2) is 6.29 Å². The highest BCUT2D eigenvalue weighted by Gasteiger charge is 2.44. The molecule has 1 heterocycles. The summed E-state index contributed by atoms with van der Waals surface area (Å²) in [6, 6.07) is -0.731. The number of hydrogen-bond acceptors (Lipinski definition) is 8. The molecule has 9 heteroatoms. The van der Waals surface area contributed by atoms with Gasteiger partial charge in [-0.1, -0.05) is 190 Å². The summed E-state index contributed by atoms with van der Waals surface area (Å²) in [5, 5.41) is 54.4. The highest BCUT2D eigenvalue weighted by Crippen LogP contribution is 2.23. The van der Waals surface area contributed by atoms with Crippen LogP contribution in [0.25, 0.3) is 0 Å². The first-order valence-corrected chi connectivity index (χ1v) is 24.0. The summed E-state index contributed by atoms with van der Waals surface area (Å²) >= 11 is 0.